The van der Waals surface area contributed by atoms with Crippen LogP contribution < -0.4 is 5.73 Å². The van der Waals surface area contributed by atoms with Crippen LogP contribution in [0.15, 0.2) is 30.5 Å². The van der Waals surface area contributed by atoms with Crippen LogP contribution in [0, 0.1) is 6.92 Å². The third-order valence-electron chi connectivity index (χ3n) is 3.16. The second-order valence-corrected chi connectivity index (χ2v) is 4.78. The van der Waals surface area contributed by atoms with Crippen LogP contribution in [-0.2, 0) is 12.8 Å². The van der Waals surface area contributed by atoms with Gasteiger partial charge in [-0.15, -0.1) is 12.4 Å². The fraction of sp³-hybridized carbons (Fsp3) is 0.375. The highest BCUT2D eigenvalue weighted by Gasteiger charge is 2.07. The van der Waals surface area contributed by atoms with E-state index in [-0.39, 0.29) is 12.4 Å². The number of aromatic nitrogens is 2. The molecule has 0 unspecified atom stereocenters. The van der Waals surface area contributed by atoms with Gasteiger partial charge in [0.2, 0.25) is 0 Å². The number of nitrogens with zero attached hydrogens (tertiary/aromatic N) is 2. The summed E-state index contributed by atoms with van der Waals surface area (Å²) in [4.78, 5) is 8.91. The minimum atomic E-state index is 0. The Morgan fingerprint density at radius 1 is 1.10 bits per heavy atom. The van der Waals surface area contributed by atoms with E-state index in [4.69, 9.17) is 5.73 Å². The summed E-state index contributed by atoms with van der Waals surface area (Å²) in [6.45, 7) is 4.79. The van der Waals surface area contributed by atoms with Crippen molar-refractivity contribution in [2.75, 3.05) is 6.54 Å². The molecular weight excluding hydrogens is 270 g/mol. The molecule has 0 radical (unpaired) electrons. The molecule has 108 valence electrons. The van der Waals surface area contributed by atoms with Gasteiger partial charge in [0.1, 0.15) is 5.82 Å². The first-order valence-electron chi connectivity index (χ1n) is 6.86. The minimum absolute atomic E-state index is 0. The molecule has 2 N–H and O–H groups in total. The second kappa shape index (κ2) is 7.98. The highest BCUT2D eigenvalue weighted by molar-refractivity contribution is 5.85. The summed E-state index contributed by atoms with van der Waals surface area (Å²) >= 11 is 0. The summed E-state index contributed by atoms with van der Waals surface area (Å²) < 4.78 is 0. The molecule has 2 rings (SSSR count). The molecule has 0 spiro atoms. The van der Waals surface area contributed by atoms with E-state index in [1.807, 2.05) is 13.1 Å². The lowest BCUT2D eigenvalue weighted by Gasteiger charge is -2.09. The van der Waals surface area contributed by atoms with Crippen LogP contribution in [0.1, 0.15) is 30.3 Å². The van der Waals surface area contributed by atoms with Crippen LogP contribution in [-0.4, -0.2) is 16.5 Å². The Kier molecular flexibility index (Phi) is 6.62. The van der Waals surface area contributed by atoms with Crippen LogP contribution in [0.25, 0.3) is 11.3 Å². The van der Waals surface area contributed by atoms with E-state index in [2.05, 4.69) is 41.2 Å². The second-order valence-electron chi connectivity index (χ2n) is 4.78. The van der Waals surface area contributed by atoms with Crippen molar-refractivity contribution in [1.82, 2.24) is 9.97 Å². The number of hydrogen-bond donors (Lipinski definition) is 1. The van der Waals surface area contributed by atoms with Gasteiger partial charge < -0.3 is 5.73 Å². The fourth-order valence-corrected chi connectivity index (χ4v) is 2.19. The van der Waals surface area contributed by atoms with Gasteiger partial charge in [-0.1, -0.05) is 37.6 Å². The topological polar surface area (TPSA) is 51.8 Å². The maximum Gasteiger partial charge on any atom is 0.125 e. The predicted octanol–water partition coefficient (Wildman–Crippen LogP) is 3.33. The molecule has 0 aliphatic rings. The number of aryl methyl sites for hydroxylation is 2. The SMILES string of the molecule is CCCc1cnc(C)nc1-c1ccc(CCN)cc1.Cl. The van der Waals surface area contributed by atoms with E-state index < -0.39 is 0 Å². The van der Waals surface area contributed by atoms with Gasteiger partial charge in [0.15, 0.2) is 0 Å². The Morgan fingerprint density at radius 3 is 2.40 bits per heavy atom. The summed E-state index contributed by atoms with van der Waals surface area (Å²) in [5.74, 6) is 0.820. The molecule has 0 bridgehead atoms. The smallest absolute Gasteiger partial charge is 0.125 e. The number of hydrogen-bond acceptors (Lipinski definition) is 3. The van der Waals surface area contributed by atoms with Gasteiger partial charge in [0.25, 0.3) is 0 Å². The zero-order valence-corrected chi connectivity index (χ0v) is 12.9. The summed E-state index contributed by atoms with van der Waals surface area (Å²) in [5.41, 5.74) is 10.3. The average Bonchev–Trinajstić information content (AvgIpc) is 2.42. The maximum atomic E-state index is 5.57. The Balaban J connectivity index is 0.00000200. The molecule has 3 nitrogen and oxygen atoms in total. The van der Waals surface area contributed by atoms with Crippen LogP contribution in [0.2, 0.25) is 0 Å². The highest BCUT2D eigenvalue weighted by atomic mass is 35.5. The van der Waals surface area contributed by atoms with Gasteiger partial charge in [-0.2, -0.15) is 0 Å². The number of rotatable bonds is 5. The first-order chi connectivity index (χ1) is 9.24. The van der Waals surface area contributed by atoms with Crippen LogP contribution in [0.5, 0.6) is 0 Å². The summed E-state index contributed by atoms with van der Waals surface area (Å²) in [5, 5.41) is 0. The molecule has 2 aromatic rings. The van der Waals surface area contributed by atoms with Crippen molar-refractivity contribution in [1.29, 1.82) is 0 Å². The summed E-state index contributed by atoms with van der Waals surface area (Å²) in [6, 6.07) is 8.53. The summed E-state index contributed by atoms with van der Waals surface area (Å²) in [6.07, 6.45) is 4.99. The summed E-state index contributed by atoms with van der Waals surface area (Å²) in [7, 11) is 0. The van der Waals surface area contributed by atoms with E-state index in [1.54, 1.807) is 0 Å². The molecule has 0 atom stereocenters. The minimum Gasteiger partial charge on any atom is -0.330 e. The normalized spacial score (nSPS) is 10.2. The number of nitrogens with two attached hydrogens (primary N) is 1. The van der Waals surface area contributed by atoms with Crippen LogP contribution in [0.3, 0.4) is 0 Å². The number of halogens is 1. The zero-order valence-electron chi connectivity index (χ0n) is 12.1. The molecular formula is C16H22ClN3. The van der Waals surface area contributed by atoms with Crippen molar-refractivity contribution in [3.63, 3.8) is 0 Å². The standard InChI is InChI=1S/C16H21N3.ClH/c1-3-4-15-11-18-12(2)19-16(15)14-7-5-13(6-8-14)9-10-17;/h5-8,11H,3-4,9-10,17H2,1-2H3;1H. The Morgan fingerprint density at radius 2 is 1.80 bits per heavy atom. The van der Waals surface area contributed by atoms with Crippen molar-refractivity contribution in [3.05, 3.63) is 47.4 Å². The highest BCUT2D eigenvalue weighted by Crippen LogP contribution is 2.23. The van der Waals surface area contributed by atoms with Gasteiger partial charge in [0.05, 0.1) is 5.69 Å². The molecule has 0 saturated heterocycles. The van der Waals surface area contributed by atoms with Gasteiger partial charge in [-0.25, -0.2) is 9.97 Å². The van der Waals surface area contributed by atoms with Gasteiger partial charge in [0, 0.05) is 11.8 Å². The van der Waals surface area contributed by atoms with Gasteiger partial charge in [-0.05, 0) is 37.4 Å². The largest absolute Gasteiger partial charge is 0.330 e. The molecule has 20 heavy (non-hydrogen) atoms. The predicted molar refractivity (Wildman–Crippen MR) is 86.2 cm³/mol. The lowest BCUT2D eigenvalue weighted by atomic mass is 10.0. The first-order valence-corrected chi connectivity index (χ1v) is 6.86. The number of benzene rings is 1. The van der Waals surface area contributed by atoms with Gasteiger partial charge >= 0.3 is 0 Å². The van der Waals surface area contributed by atoms with E-state index in [0.717, 1.165) is 36.3 Å². The molecule has 1 aromatic heterocycles. The molecule has 0 saturated carbocycles. The quantitative estimate of drug-likeness (QED) is 0.919. The zero-order chi connectivity index (χ0) is 13.7. The fourth-order valence-electron chi connectivity index (χ4n) is 2.19. The van der Waals surface area contributed by atoms with Crippen molar-refractivity contribution in [2.45, 2.75) is 33.1 Å². The van der Waals surface area contributed by atoms with Crippen molar-refractivity contribution in [2.24, 2.45) is 5.73 Å². The third kappa shape index (κ3) is 4.02. The Labute approximate surface area is 127 Å². The van der Waals surface area contributed by atoms with Crippen molar-refractivity contribution < 1.29 is 0 Å². The van der Waals surface area contributed by atoms with E-state index >= 15 is 0 Å². The van der Waals surface area contributed by atoms with Crippen LogP contribution in [0.4, 0.5) is 0 Å². The lowest BCUT2D eigenvalue weighted by Crippen LogP contribution is -2.02. The molecule has 1 aromatic carbocycles. The van der Waals surface area contributed by atoms with Crippen molar-refractivity contribution in [3.8, 4) is 11.3 Å². The first kappa shape index (κ1) is 16.6. The van der Waals surface area contributed by atoms with E-state index in [1.165, 1.54) is 11.1 Å². The molecule has 0 aliphatic carbocycles. The Bertz CT molecular complexity index is 538. The average molecular weight is 292 g/mol. The molecule has 4 heteroatoms. The Hall–Kier alpha value is -1.45. The third-order valence-corrected chi connectivity index (χ3v) is 3.16. The monoisotopic (exact) mass is 291 g/mol. The maximum absolute atomic E-state index is 5.57. The molecule has 0 aliphatic heterocycles. The van der Waals surface area contributed by atoms with E-state index in [9.17, 15) is 0 Å². The van der Waals surface area contributed by atoms with E-state index in [0.29, 0.717) is 6.54 Å². The van der Waals surface area contributed by atoms with Crippen molar-refractivity contribution >= 4 is 12.4 Å². The van der Waals surface area contributed by atoms with Gasteiger partial charge in [-0.3, -0.25) is 0 Å². The molecule has 0 amide bonds. The van der Waals surface area contributed by atoms with Crippen LogP contribution >= 0.6 is 12.4 Å². The lowest BCUT2D eigenvalue weighted by molar-refractivity contribution is 0.893. The molecule has 0 fully saturated rings. The molecule has 1 heterocycles.